The van der Waals surface area contributed by atoms with Crippen molar-refractivity contribution in [1.82, 2.24) is 5.32 Å². The molecular weight excluding hydrogens is 194 g/mol. The minimum atomic E-state index is 0.323. The fraction of sp³-hybridized carbons (Fsp3) is 0.300. The van der Waals surface area contributed by atoms with Gasteiger partial charge < -0.3 is 16.4 Å². The Morgan fingerprint density at radius 2 is 2.36 bits per heavy atom. The first-order valence-corrected chi connectivity index (χ1v) is 5.06. The van der Waals surface area contributed by atoms with Gasteiger partial charge in [0.15, 0.2) is 5.11 Å². The number of fused-ring (bicyclic) bond motifs is 1. The van der Waals surface area contributed by atoms with Crippen LogP contribution in [0.1, 0.15) is 11.1 Å². The summed E-state index contributed by atoms with van der Waals surface area (Å²) in [6.45, 7) is 1.94. The Balaban J connectivity index is 2.35. The van der Waals surface area contributed by atoms with Crippen LogP contribution >= 0.6 is 12.2 Å². The van der Waals surface area contributed by atoms with Crippen molar-refractivity contribution in [3.05, 3.63) is 29.3 Å². The highest BCUT2D eigenvalue weighted by atomic mass is 32.1. The van der Waals surface area contributed by atoms with E-state index in [1.54, 1.807) is 0 Å². The third-order valence-electron chi connectivity index (χ3n) is 2.40. The smallest absolute Gasteiger partial charge is 0.168 e. The molecule has 4 heteroatoms. The van der Waals surface area contributed by atoms with E-state index in [1.807, 2.05) is 12.1 Å². The predicted octanol–water partition coefficient (Wildman–Crippen LogP) is 0.988. The van der Waals surface area contributed by atoms with Crippen LogP contribution in [0, 0.1) is 0 Å². The Morgan fingerprint density at radius 3 is 3.14 bits per heavy atom. The predicted molar refractivity (Wildman–Crippen MR) is 62.3 cm³/mol. The van der Waals surface area contributed by atoms with Gasteiger partial charge in [-0.3, -0.25) is 0 Å². The molecule has 1 aliphatic rings. The van der Waals surface area contributed by atoms with Gasteiger partial charge in [-0.25, -0.2) is 0 Å². The van der Waals surface area contributed by atoms with Crippen LogP contribution in [0.25, 0.3) is 0 Å². The maximum Gasteiger partial charge on any atom is 0.168 e. The zero-order chi connectivity index (χ0) is 9.97. The third-order valence-corrected chi connectivity index (χ3v) is 2.51. The second kappa shape index (κ2) is 3.94. The van der Waals surface area contributed by atoms with Gasteiger partial charge in [-0.1, -0.05) is 12.1 Å². The van der Waals surface area contributed by atoms with E-state index in [0.717, 1.165) is 25.2 Å². The first-order valence-electron chi connectivity index (χ1n) is 4.65. The minimum absolute atomic E-state index is 0.323. The quantitative estimate of drug-likeness (QED) is 0.601. The van der Waals surface area contributed by atoms with Crippen LogP contribution in [-0.4, -0.2) is 11.7 Å². The Hall–Kier alpha value is -1.13. The molecule has 0 aromatic heterocycles. The van der Waals surface area contributed by atoms with Gasteiger partial charge in [-0.05, 0) is 42.4 Å². The average Bonchev–Trinajstić information content (AvgIpc) is 2.18. The van der Waals surface area contributed by atoms with Gasteiger partial charge in [-0.15, -0.1) is 0 Å². The van der Waals surface area contributed by atoms with E-state index in [1.165, 1.54) is 11.1 Å². The summed E-state index contributed by atoms with van der Waals surface area (Å²) in [6, 6.07) is 6.19. The van der Waals surface area contributed by atoms with Crippen molar-refractivity contribution >= 4 is 23.0 Å². The molecule has 0 saturated heterocycles. The molecule has 2 rings (SSSR count). The van der Waals surface area contributed by atoms with Gasteiger partial charge in [0.05, 0.1) is 0 Å². The van der Waals surface area contributed by atoms with Gasteiger partial charge >= 0.3 is 0 Å². The minimum Gasteiger partial charge on any atom is -0.376 e. The lowest BCUT2D eigenvalue weighted by Gasteiger charge is -2.20. The number of nitrogens with two attached hydrogens (primary N) is 1. The topological polar surface area (TPSA) is 50.1 Å². The van der Waals surface area contributed by atoms with Crippen LogP contribution in [0.5, 0.6) is 0 Å². The number of anilines is 1. The van der Waals surface area contributed by atoms with E-state index in [4.69, 9.17) is 18.0 Å². The number of thiocarbonyl (C=S) groups is 1. The molecule has 14 heavy (non-hydrogen) atoms. The summed E-state index contributed by atoms with van der Waals surface area (Å²) >= 11 is 4.83. The van der Waals surface area contributed by atoms with Crippen LogP contribution in [-0.2, 0) is 13.0 Å². The van der Waals surface area contributed by atoms with Gasteiger partial charge in [0, 0.05) is 12.2 Å². The molecule has 0 bridgehead atoms. The molecule has 1 aliphatic heterocycles. The molecule has 0 unspecified atom stereocenters. The third kappa shape index (κ3) is 1.86. The molecule has 0 aliphatic carbocycles. The van der Waals surface area contributed by atoms with Crippen molar-refractivity contribution in [1.29, 1.82) is 0 Å². The van der Waals surface area contributed by atoms with Crippen molar-refractivity contribution in [2.24, 2.45) is 5.73 Å². The summed E-state index contributed by atoms with van der Waals surface area (Å²) in [5.41, 5.74) is 9.15. The Labute approximate surface area is 88.7 Å². The molecule has 74 valence electrons. The summed E-state index contributed by atoms with van der Waals surface area (Å²) < 4.78 is 0. The molecule has 1 heterocycles. The Morgan fingerprint density at radius 1 is 1.50 bits per heavy atom. The first kappa shape index (κ1) is 9.43. The number of hydrogen-bond acceptors (Lipinski definition) is 2. The van der Waals surface area contributed by atoms with E-state index in [9.17, 15) is 0 Å². The van der Waals surface area contributed by atoms with Crippen LogP contribution in [0.15, 0.2) is 18.2 Å². The highest BCUT2D eigenvalue weighted by molar-refractivity contribution is 7.80. The normalized spacial score (nSPS) is 14.6. The number of hydrogen-bond donors (Lipinski definition) is 3. The molecule has 4 N–H and O–H groups in total. The molecule has 0 amide bonds. The lowest BCUT2D eigenvalue weighted by Crippen LogP contribution is -2.26. The molecule has 0 spiro atoms. The first-order chi connectivity index (χ1) is 6.77. The van der Waals surface area contributed by atoms with Crippen LogP contribution in [0.2, 0.25) is 0 Å². The van der Waals surface area contributed by atoms with Gasteiger partial charge in [0.1, 0.15) is 0 Å². The van der Waals surface area contributed by atoms with Crippen LogP contribution in [0.3, 0.4) is 0 Å². The summed E-state index contributed by atoms with van der Waals surface area (Å²) in [4.78, 5) is 0. The van der Waals surface area contributed by atoms with Crippen molar-refractivity contribution in [2.45, 2.75) is 13.0 Å². The maximum atomic E-state index is 5.46. The lowest BCUT2D eigenvalue weighted by atomic mass is 9.99. The van der Waals surface area contributed by atoms with E-state index in [0.29, 0.717) is 5.11 Å². The van der Waals surface area contributed by atoms with E-state index < -0.39 is 0 Å². The largest absolute Gasteiger partial charge is 0.376 e. The van der Waals surface area contributed by atoms with Crippen molar-refractivity contribution in [3.8, 4) is 0 Å². The number of benzene rings is 1. The van der Waals surface area contributed by atoms with Crippen LogP contribution < -0.4 is 16.4 Å². The summed E-state index contributed by atoms with van der Waals surface area (Å²) in [6.07, 6.45) is 1.07. The van der Waals surface area contributed by atoms with Gasteiger partial charge in [0.25, 0.3) is 0 Å². The fourth-order valence-corrected chi connectivity index (χ4v) is 1.87. The lowest BCUT2D eigenvalue weighted by molar-refractivity contribution is 0.645. The van der Waals surface area contributed by atoms with Crippen molar-refractivity contribution in [2.75, 3.05) is 11.9 Å². The summed E-state index contributed by atoms with van der Waals surface area (Å²) in [5.74, 6) is 0. The van der Waals surface area contributed by atoms with Gasteiger partial charge in [0.2, 0.25) is 0 Å². The molecule has 0 saturated carbocycles. The molecule has 0 radical (unpaired) electrons. The zero-order valence-corrected chi connectivity index (χ0v) is 8.66. The number of rotatable bonds is 1. The van der Waals surface area contributed by atoms with E-state index in [-0.39, 0.29) is 0 Å². The van der Waals surface area contributed by atoms with E-state index in [2.05, 4.69) is 16.7 Å². The number of nitrogens with one attached hydrogen (secondary N) is 2. The molecular formula is C10H13N3S. The standard InChI is InChI=1S/C10H13N3S/c11-10(14)13-9-3-1-2-7-4-5-12-6-8(7)9/h1-3,12H,4-6H2,(H3,11,13,14). The van der Waals surface area contributed by atoms with Crippen molar-refractivity contribution < 1.29 is 0 Å². The molecule has 0 fully saturated rings. The maximum absolute atomic E-state index is 5.46. The zero-order valence-electron chi connectivity index (χ0n) is 7.84. The summed E-state index contributed by atoms with van der Waals surface area (Å²) in [5, 5.41) is 6.66. The SMILES string of the molecule is NC(=S)Nc1cccc2c1CNCC2. The van der Waals surface area contributed by atoms with Crippen LogP contribution in [0.4, 0.5) is 5.69 Å². The molecule has 1 aromatic carbocycles. The summed E-state index contributed by atoms with van der Waals surface area (Å²) in [7, 11) is 0. The highest BCUT2D eigenvalue weighted by Crippen LogP contribution is 2.22. The van der Waals surface area contributed by atoms with Crippen molar-refractivity contribution in [3.63, 3.8) is 0 Å². The highest BCUT2D eigenvalue weighted by Gasteiger charge is 2.11. The average molecular weight is 207 g/mol. The van der Waals surface area contributed by atoms with Gasteiger partial charge in [-0.2, -0.15) is 0 Å². The second-order valence-corrected chi connectivity index (χ2v) is 3.80. The Kier molecular flexibility index (Phi) is 2.65. The Bertz CT molecular complexity index is 362. The van der Waals surface area contributed by atoms with E-state index >= 15 is 0 Å². The monoisotopic (exact) mass is 207 g/mol. The molecule has 3 nitrogen and oxygen atoms in total. The second-order valence-electron chi connectivity index (χ2n) is 3.36. The molecule has 0 atom stereocenters. The fourth-order valence-electron chi connectivity index (χ4n) is 1.76. The molecule has 1 aromatic rings.